The van der Waals surface area contributed by atoms with E-state index >= 15 is 0 Å². The quantitative estimate of drug-likeness (QED) is 0.887. The summed E-state index contributed by atoms with van der Waals surface area (Å²) in [4.78, 5) is 14.4. The van der Waals surface area contributed by atoms with Crippen LogP contribution in [-0.2, 0) is 0 Å². The van der Waals surface area contributed by atoms with Crippen LogP contribution in [0.15, 0.2) is 12.4 Å². The first kappa shape index (κ1) is 14.9. The lowest BCUT2D eigenvalue weighted by Crippen LogP contribution is -2.24. The van der Waals surface area contributed by atoms with Crippen LogP contribution >= 0.6 is 11.3 Å². The molecule has 1 N–H and O–H groups in total. The Morgan fingerprint density at radius 1 is 1.30 bits per heavy atom. The van der Waals surface area contributed by atoms with E-state index in [0.29, 0.717) is 5.88 Å². The number of thiazole rings is 1. The molecule has 2 heterocycles. The summed E-state index contributed by atoms with van der Waals surface area (Å²) in [7, 11) is 1.62. The fourth-order valence-corrected chi connectivity index (χ4v) is 3.12. The van der Waals surface area contributed by atoms with Crippen molar-refractivity contribution in [3.8, 4) is 5.88 Å². The standard InChI is InChI=1S/C14H20N4OS/c1-5-6-15-11(13-9(2)18-10(3)20-13)12-14(19-4)17-8-7-16-12/h7-8,11,15H,5-6H2,1-4H3. The minimum Gasteiger partial charge on any atom is -0.480 e. The molecule has 2 aromatic heterocycles. The molecule has 0 aliphatic heterocycles. The third-order valence-electron chi connectivity index (χ3n) is 2.96. The summed E-state index contributed by atoms with van der Waals surface area (Å²) >= 11 is 1.69. The van der Waals surface area contributed by atoms with Crippen LogP contribution < -0.4 is 10.1 Å². The summed E-state index contributed by atoms with van der Waals surface area (Å²) < 4.78 is 5.35. The van der Waals surface area contributed by atoms with E-state index in [4.69, 9.17) is 4.74 Å². The molecule has 20 heavy (non-hydrogen) atoms. The molecule has 0 saturated heterocycles. The van der Waals surface area contributed by atoms with Crippen molar-refractivity contribution in [1.29, 1.82) is 0 Å². The van der Waals surface area contributed by atoms with Gasteiger partial charge in [0.25, 0.3) is 0 Å². The highest BCUT2D eigenvalue weighted by atomic mass is 32.1. The highest BCUT2D eigenvalue weighted by molar-refractivity contribution is 7.11. The number of nitrogens with zero attached hydrogens (tertiary/aromatic N) is 3. The highest BCUT2D eigenvalue weighted by Crippen LogP contribution is 2.32. The largest absolute Gasteiger partial charge is 0.480 e. The number of hydrogen-bond donors (Lipinski definition) is 1. The molecule has 1 unspecified atom stereocenters. The highest BCUT2D eigenvalue weighted by Gasteiger charge is 2.24. The molecule has 1 atom stereocenters. The number of aromatic nitrogens is 3. The van der Waals surface area contributed by atoms with Crippen molar-refractivity contribution in [2.75, 3.05) is 13.7 Å². The summed E-state index contributed by atoms with van der Waals surface area (Å²) in [5, 5.41) is 4.58. The van der Waals surface area contributed by atoms with E-state index in [9.17, 15) is 0 Å². The third kappa shape index (κ3) is 3.13. The van der Waals surface area contributed by atoms with E-state index in [1.807, 2.05) is 13.8 Å². The molecule has 108 valence electrons. The monoisotopic (exact) mass is 292 g/mol. The van der Waals surface area contributed by atoms with Crippen LogP contribution in [0, 0.1) is 13.8 Å². The van der Waals surface area contributed by atoms with Crippen molar-refractivity contribution < 1.29 is 4.74 Å². The maximum atomic E-state index is 5.35. The fraction of sp³-hybridized carbons (Fsp3) is 0.500. The number of aryl methyl sites for hydroxylation is 2. The van der Waals surface area contributed by atoms with Gasteiger partial charge in [0.1, 0.15) is 5.69 Å². The smallest absolute Gasteiger partial charge is 0.237 e. The Morgan fingerprint density at radius 2 is 2.05 bits per heavy atom. The Kier molecular flexibility index (Phi) is 5.03. The number of rotatable bonds is 6. The molecule has 0 fully saturated rings. The second-order valence-electron chi connectivity index (χ2n) is 4.52. The second-order valence-corrected chi connectivity index (χ2v) is 5.76. The van der Waals surface area contributed by atoms with Crippen LogP contribution in [0.4, 0.5) is 0 Å². The van der Waals surface area contributed by atoms with Crippen LogP contribution in [0.3, 0.4) is 0 Å². The molecular formula is C14H20N4OS. The molecule has 0 radical (unpaired) electrons. The molecule has 0 amide bonds. The molecule has 0 aromatic carbocycles. The number of hydrogen-bond acceptors (Lipinski definition) is 6. The van der Waals surface area contributed by atoms with Crippen LogP contribution in [0.1, 0.15) is 40.7 Å². The maximum Gasteiger partial charge on any atom is 0.237 e. The van der Waals surface area contributed by atoms with Gasteiger partial charge in [-0.3, -0.25) is 4.98 Å². The second kappa shape index (κ2) is 6.76. The summed E-state index contributed by atoms with van der Waals surface area (Å²) in [5.74, 6) is 0.562. The predicted octanol–water partition coefficient (Wildman–Crippen LogP) is 2.65. The molecule has 2 rings (SSSR count). The van der Waals surface area contributed by atoms with Gasteiger partial charge >= 0.3 is 0 Å². The van der Waals surface area contributed by atoms with E-state index < -0.39 is 0 Å². The molecule has 0 aliphatic rings. The van der Waals surface area contributed by atoms with Crippen molar-refractivity contribution in [1.82, 2.24) is 20.3 Å². The van der Waals surface area contributed by atoms with Crippen molar-refractivity contribution in [2.45, 2.75) is 33.2 Å². The van der Waals surface area contributed by atoms with Gasteiger partial charge in [0, 0.05) is 12.4 Å². The zero-order chi connectivity index (χ0) is 14.5. The van der Waals surface area contributed by atoms with Gasteiger partial charge in [-0.15, -0.1) is 11.3 Å². The average Bonchev–Trinajstić information content (AvgIpc) is 2.79. The van der Waals surface area contributed by atoms with Gasteiger partial charge in [0.15, 0.2) is 0 Å². The maximum absolute atomic E-state index is 5.35. The van der Waals surface area contributed by atoms with Gasteiger partial charge in [-0.2, -0.15) is 0 Å². The molecule has 0 bridgehead atoms. The zero-order valence-corrected chi connectivity index (χ0v) is 13.1. The van der Waals surface area contributed by atoms with Crippen LogP contribution in [0.5, 0.6) is 5.88 Å². The topological polar surface area (TPSA) is 59.9 Å². The Bertz CT molecular complexity index is 570. The lowest BCUT2D eigenvalue weighted by molar-refractivity contribution is 0.382. The van der Waals surface area contributed by atoms with Crippen molar-refractivity contribution in [3.63, 3.8) is 0 Å². The van der Waals surface area contributed by atoms with E-state index in [1.54, 1.807) is 30.8 Å². The minimum absolute atomic E-state index is 0.0233. The van der Waals surface area contributed by atoms with E-state index in [-0.39, 0.29) is 6.04 Å². The molecule has 0 aliphatic carbocycles. The van der Waals surface area contributed by atoms with Crippen LogP contribution in [-0.4, -0.2) is 28.6 Å². The lowest BCUT2D eigenvalue weighted by Gasteiger charge is -2.18. The van der Waals surface area contributed by atoms with Gasteiger partial charge in [-0.05, 0) is 26.8 Å². The van der Waals surface area contributed by atoms with Crippen LogP contribution in [0.25, 0.3) is 0 Å². The summed E-state index contributed by atoms with van der Waals surface area (Å²) in [6, 6.07) is -0.0233. The summed E-state index contributed by atoms with van der Waals surface area (Å²) in [6.07, 6.45) is 4.39. The van der Waals surface area contributed by atoms with E-state index in [0.717, 1.165) is 29.4 Å². The van der Waals surface area contributed by atoms with Crippen molar-refractivity contribution in [3.05, 3.63) is 33.7 Å². The number of nitrogens with one attached hydrogen (secondary N) is 1. The first-order valence-electron chi connectivity index (χ1n) is 6.69. The number of methoxy groups -OCH3 is 1. The first-order valence-corrected chi connectivity index (χ1v) is 7.51. The summed E-state index contributed by atoms with van der Waals surface area (Å²) in [5.41, 5.74) is 1.85. The molecule has 5 nitrogen and oxygen atoms in total. The first-order chi connectivity index (χ1) is 9.67. The predicted molar refractivity (Wildman–Crippen MR) is 80.3 cm³/mol. The molecule has 2 aromatic rings. The average molecular weight is 292 g/mol. The number of ether oxygens (including phenoxy) is 1. The Balaban J connectivity index is 2.44. The molecule has 0 saturated carbocycles. The SMILES string of the molecule is CCCNC(c1nccnc1OC)c1sc(C)nc1C. The Morgan fingerprint density at radius 3 is 2.65 bits per heavy atom. The van der Waals surface area contributed by atoms with Gasteiger partial charge in [0.2, 0.25) is 5.88 Å². The van der Waals surface area contributed by atoms with Gasteiger partial charge < -0.3 is 10.1 Å². The normalized spacial score (nSPS) is 12.4. The van der Waals surface area contributed by atoms with Gasteiger partial charge in [-0.1, -0.05) is 6.92 Å². The van der Waals surface area contributed by atoms with Crippen LogP contribution in [0.2, 0.25) is 0 Å². The molecular weight excluding hydrogens is 272 g/mol. The van der Waals surface area contributed by atoms with E-state index in [1.165, 1.54) is 4.88 Å². The van der Waals surface area contributed by atoms with Crippen molar-refractivity contribution in [2.24, 2.45) is 0 Å². The van der Waals surface area contributed by atoms with Crippen molar-refractivity contribution >= 4 is 11.3 Å². The lowest BCUT2D eigenvalue weighted by atomic mass is 10.1. The Labute approximate surface area is 123 Å². The Hall–Kier alpha value is -1.53. The van der Waals surface area contributed by atoms with E-state index in [2.05, 4.69) is 27.2 Å². The fourth-order valence-electron chi connectivity index (χ4n) is 2.11. The minimum atomic E-state index is -0.0233. The third-order valence-corrected chi connectivity index (χ3v) is 4.10. The molecule has 0 spiro atoms. The van der Waals surface area contributed by atoms with Gasteiger partial charge in [-0.25, -0.2) is 9.97 Å². The summed E-state index contributed by atoms with van der Waals surface area (Å²) in [6.45, 7) is 7.10. The van der Waals surface area contributed by atoms with Gasteiger partial charge in [0.05, 0.1) is 28.7 Å². The zero-order valence-electron chi connectivity index (χ0n) is 12.3. The molecule has 6 heteroatoms.